The Kier molecular flexibility index (Phi) is 4.55. The number of hydrogen-bond donors (Lipinski definition) is 1. The van der Waals surface area contributed by atoms with Crippen molar-refractivity contribution in [1.29, 1.82) is 0 Å². The summed E-state index contributed by atoms with van der Waals surface area (Å²) in [6, 6.07) is 6.09. The molecule has 1 aromatic carbocycles. The number of pyridine rings is 1. The molecule has 9 heteroatoms. The van der Waals surface area contributed by atoms with E-state index in [1.165, 1.54) is 5.56 Å². The molecule has 2 unspecified atom stereocenters. The molecule has 1 spiro atoms. The van der Waals surface area contributed by atoms with Gasteiger partial charge >= 0.3 is 0 Å². The molecule has 3 aromatic rings. The van der Waals surface area contributed by atoms with Gasteiger partial charge in [0.15, 0.2) is 0 Å². The monoisotopic (exact) mass is 463 g/mol. The fourth-order valence-electron chi connectivity index (χ4n) is 6.48. The fraction of sp³-hybridized carbons (Fsp3) is 0.560. The van der Waals surface area contributed by atoms with Crippen LogP contribution in [0.5, 0.6) is 5.75 Å². The molecule has 1 N–H and O–H groups in total. The molecule has 2 bridgehead atoms. The molecule has 9 nitrogen and oxygen atoms in total. The van der Waals surface area contributed by atoms with Crippen LogP contribution in [-0.4, -0.2) is 74.5 Å². The smallest absolute Gasteiger partial charge is 0.141 e. The van der Waals surface area contributed by atoms with Gasteiger partial charge in [0.05, 0.1) is 49.8 Å². The molecular weight excluding hydrogens is 434 g/mol. The van der Waals surface area contributed by atoms with E-state index in [-0.39, 0.29) is 29.9 Å². The van der Waals surface area contributed by atoms with Crippen LogP contribution in [0.25, 0.3) is 10.9 Å². The Morgan fingerprint density at radius 3 is 3.09 bits per heavy atom. The lowest BCUT2D eigenvalue weighted by Gasteiger charge is -2.50. The molecule has 2 atom stereocenters. The lowest BCUT2D eigenvalue weighted by molar-refractivity contribution is -0.123. The summed E-state index contributed by atoms with van der Waals surface area (Å²) in [6.07, 6.45) is 6.59. The summed E-state index contributed by atoms with van der Waals surface area (Å²) >= 11 is 0. The van der Waals surface area contributed by atoms with Gasteiger partial charge in [0.2, 0.25) is 0 Å². The van der Waals surface area contributed by atoms with Crippen molar-refractivity contribution in [2.45, 2.75) is 56.1 Å². The first kappa shape index (κ1) is 20.8. The average molecular weight is 464 g/mol. The first-order valence-corrected chi connectivity index (χ1v) is 12.1. The molecule has 2 aromatic heterocycles. The second kappa shape index (κ2) is 7.45. The van der Waals surface area contributed by atoms with Crippen LogP contribution in [0, 0.1) is 0 Å². The summed E-state index contributed by atoms with van der Waals surface area (Å²) in [5, 5.41) is 19.6. The molecule has 0 amide bonds. The summed E-state index contributed by atoms with van der Waals surface area (Å²) in [5.41, 5.74) is 4.34. The summed E-state index contributed by atoms with van der Waals surface area (Å²) in [4.78, 5) is 7.06. The number of morpholine rings is 1. The van der Waals surface area contributed by atoms with Gasteiger partial charge in [-0.1, -0.05) is 5.21 Å². The number of fused-ring (bicyclic) bond motifs is 3. The number of nitrogens with zero attached hydrogens (tertiary/aromatic N) is 5. The molecule has 1 aliphatic carbocycles. The summed E-state index contributed by atoms with van der Waals surface area (Å²) in [6.45, 7) is 5.85. The number of aromatic nitrogens is 4. The highest BCUT2D eigenvalue weighted by molar-refractivity contribution is 5.84. The topological polar surface area (TPSA) is 94.8 Å². The molecule has 178 valence electrons. The van der Waals surface area contributed by atoms with E-state index in [2.05, 4.69) is 26.3 Å². The van der Waals surface area contributed by atoms with Crippen molar-refractivity contribution in [1.82, 2.24) is 24.9 Å². The number of aliphatic hydroxyl groups excluding tert-OH is 1. The molecule has 8 rings (SSSR count). The fourth-order valence-corrected chi connectivity index (χ4v) is 6.48. The predicted octanol–water partition coefficient (Wildman–Crippen LogP) is 1.97. The van der Waals surface area contributed by atoms with Gasteiger partial charge in [0, 0.05) is 30.2 Å². The van der Waals surface area contributed by atoms with Crippen molar-refractivity contribution in [2.75, 3.05) is 32.9 Å². The Labute approximate surface area is 197 Å². The third-order valence-corrected chi connectivity index (χ3v) is 8.21. The van der Waals surface area contributed by atoms with E-state index in [0.29, 0.717) is 13.2 Å². The van der Waals surface area contributed by atoms with Gasteiger partial charge in [0.25, 0.3) is 0 Å². The number of benzene rings is 1. The number of ether oxygens (including phenoxy) is 3. The molecule has 4 aliphatic heterocycles. The zero-order valence-corrected chi connectivity index (χ0v) is 19.3. The van der Waals surface area contributed by atoms with Crippen LogP contribution in [0.1, 0.15) is 42.7 Å². The zero-order valence-electron chi connectivity index (χ0n) is 19.3. The first-order valence-electron chi connectivity index (χ1n) is 12.1. The van der Waals surface area contributed by atoms with Gasteiger partial charge in [-0.15, -0.1) is 5.10 Å². The van der Waals surface area contributed by atoms with E-state index in [9.17, 15) is 5.11 Å². The van der Waals surface area contributed by atoms with Crippen molar-refractivity contribution < 1.29 is 19.3 Å². The van der Waals surface area contributed by atoms with Crippen molar-refractivity contribution in [2.24, 2.45) is 0 Å². The van der Waals surface area contributed by atoms with Crippen LogP contribution in [0.4, 0.5) is 0 Å². The number of hydrogen-bond acceptors (Lipinski definition) is 8. The minimum absolute atomic E-state index is 0.0333. The SMILES string of the molecule is CC(Oc1ccc2ncc3c(c2c1)CCOC3)c1cn(C23CN4CC(CO)OCC4(C2)C3)nn1. The lowest BCUT2D eigenvalue weighted by Crippen LogP contribution is -2.60. The third kappa shape index (κ3) is 3.04. The maximum absolute atomic E-state index is 9.49. The Hall–Kier alpha value is -2.59. The van der Waals surface area contributed by atoms with E-state index in [1.807, 2.05) is 36.1 Å². The molecule has 34 heavy (non-hydrogen) atoms. The number of aliphatic hydroxyl groups is 1. The van der Waals surface area contributed by atoms with Gasteiger partial charge in [-0.2, -0.15) is 0 Å². The second-order valence-corrected chi connectivity index (χ2v) is 10.4. The minimum atomic E-state index is -0.224. The second-order valence-electron chi connectivity index (χ2n) is 10.4. The predicted molar refractivity (Wildman–Crippen MR) is 123 cm³/mol. The molecule has 1 saturated carbocycles. The van der Waals surface area contributed by atoms with E-state index in [1.54, 1.807) is 0 Å². The van der Waals surface area contributed by atoms with Crippen LogP contribution < -0.4 is 4.74 Å². The highest BCUT2D eigenvalue weighted by Gasteiger charge is 2.68. The molecular formula is C25H29N5O4. The highest BCUT2D eigenvalue weighted by Crippen LogP contribution is 2.58. The Balaban J connectivity index is 1.10. The maximum Gasteiger partial charge on any atom is 0.141 e. The highest BCUT2D eigenvalue weighted by atomic mass is 16.5. The summed E-state index contributed by atoms with van der Waals surface area (Å²) in [5.74, 6) is 0.808. The van der Waals surface area contributed by atoms with Gasteiger partial charge in [-0.3, -0.25) is 9.88 Å². The lowest BCUT2D eigenvalue weighted by atomic mass is 9.67. The molecule has 4 fully saturated rings. The largest absolute Gasteiger partial charge is 0.484 e. The van der Waals surface area contributed by atoms with E-state index >= 15 is 0 Å². The van der Waals surface area contributed by atoms with Gasteiger partial charge in [-0.05, 0) is 55.5 Å². The normalized spacial score (nSPS) is 31.1. The van der Waals surface area contributed by atoms with Crippen molar-refractivity contribution in [3.63, 3.8) is 0 Å². The van der Waals surface area contributed by atoms with E-state index in [4.69, 9.17) is 14.2 Å². The Morgan fingerprint density at radius 2 is 2.21 bits per heavy atom. The first-order chi connectivity index (χ1) is 16.6. The van der Waals surface area contributed by atoms with Crippen LogP contribution in [0.2, 0.25) is 0 Å². The van der Waals surface area contributed by atoms with Crippen LogP contribution >= 0.6 is 0 Å². The quantitative estimate of drug-likeness (QED) is 0.614. The minimum Gasteiger partial charge on any atom is -0.484 e. The zero-order chi connectivity index (χ0) is 22.9. The van der Waals surface area contributed by atoms with Crippen molar-refractivity contribution in [3.05, 3.63) is 47.4 Å². The van der Waals surface area contributed by atoms with Crippen molar-refractivity contribution in [3.8, 4) is 5.75 Å². The molecule has 3 saturated heterocycles. The van der Waals surface area contributed by atoms with Gasteiger partial charge in [-0.25, -0.2) is 4.68 Å². The van der Waals surface area contributed by atoms with E-state index < -0.39 is 0 Å². The molecule has 6 heterocycles. The van der Waals surface area contributed by atoms with Gasteiger partial charge in [0.1, 0.15) is 17.5 Å². The summed E-state index contributed by atoms with van der Waals surface area (Å²) in [7, 11) is 0. The van der Waals surface area contributed by atoms with Crippen LogP contribution in [-0.2, 0) is 28.0 Å². The Bertz CT molecular complexity index is 1250. The average Bonchev–Trinajstić information content (AvgIpc) is 3.54. The van der Waals surface area contributed by atoms with Crippen LogP contribution in [0.3, 0.4) is 0 Å². The maximum atomic E-state index is 9.49. The number of rotatable bonds is 5. The van der Waals surface area contributed by atoms with Crippen molar-refractivity contribution >= 4 is 10.9 Å². The standard InChI is InChI=1S/C25H29N5O4/c1-16(34-18-2-3-22-21(6-18)20-4-5-32-11-17(20)7-26-22)23-9-30(28-27-23)24-12-25(13-24)15-33-19(10-31)8-29(25)14-24/h2-3,6-7,9,16,19,31H,4-5,8,10-15H2,1H3. The van der Waals surface area contributed by atoms with Crippen LogP contribution in [0.15, 0.2) is 30.6 Å². The summed E-state index contributed by atoms with van der Waals surface area (Å²) < 4.78 is 19.8. The van der Waals surface area contributed by atoms with Gasteiger partial charge < -0.3 is 19.3 Å². The van der Waals surface area contributed by atoms with E-state index in [0.717, 1.165) is 66.9 Å². The molecule has 0 radical (unpaired) electrons. The Morgan fingerprint density at radius 1 is 1.29 bits per heavy atom. The molecule has 5 aliphatic rings. The third-order valence-electron chi connectivity index (χ3n) is 8.21.